The fourth-order valence-electron chi connectivity index (χ4n) is 4.64. The number of nitrogens with one attached hydrogen (secondary N) is 1. The third kappa shape index (κ3) is 5.85. The van der Waals surface area contributed by atoms with Gasteiger partial charge in [0.25, 0.3) is 5.89 Å². The van der Waals surface area contributed by atoms with Crippen LogP contribution in [0.3, 0.4) is 0 Å². The fraction of sp³-hybridized carbons (Fsp3) is 0.429. The molecule has 0 spiro atoms. The zero-order chi connectivity index (χ0) is 25.5. The van der Waals surface area contributed by atoms with E-state index in [9.17, 15) is 10.1 Å². The first-order valence-electron chi connectivity index (χ1n) is 12.6. The summed E-state index contributed by atoms with van der Waals surface area (Å²) < 4.78 is 11.1. The number of nitrogens with zero attached hydrogens (tertiary/aromatic N) is 4. The third-order valence-corrected chi connectivity index (χ3v) is 6.38. The average molecular weight is 488 g/mol. The molecule has 0 saturated carbocycles. The van der Waals surface area contributed by atoms with Crippen LogP contribution in [-0.2, 0) is 12.8 Å². The maximum absolute atomic E-state index is 11.0. The Balaban J connectivity index is 0.000000256. The molecule has 5 rings (SSSR count). The monoisotopic (exact) mass is 487 g/mol. The number of hydrogen-bond donors (Lipinski definition) is 1. The van der Waals surface area contributed by atoms with E-state index in [1.54, 1.807) is 19.2 Å². The molecule has 2 aliphatic rings. The second kappa shape index (κ2) is 11.7. The van der Waals surface area contributed by atoms with Gasteiger partial charge < -0.3 is 19.5 Å². The molecule has 2 heterocycles. The quantitative estimate of drug-likeness (QED) is 0.531. The summed E-state index contributed by atoms with van der Waals surface area (Å²) in [5.74, 6) is 1.56. The largest absolute Gasteiger partial charge is 0.490 e. The van der Waals surface area contributed by atoms with Crippen molar-refractivity contribution in [2.45, 2.75) is 58.5 Å². The van der Waals surface area contributed by atoms with Crippen molar-refractivity contribution in [3.63, 3.8) is 0 Å². The molecule has 1 aliphatic heterocycles. The van der Waals surface area contributed by atoms with Crippen LogP contribution in [0.1, 0.15) is 56.2 Å². The van der Waals surface area contributed by atoms with Gasteiger partial charge in [-0.3, -0.25) is 0 Å². The Morgan fingerprint density at radius 1 is 1.14 bits per heavy atom. The van der Waals surface area contributed by atoms with Gasteiger partial charge in [0, 0.05) is 31.3 Å². The fourth-order valence-corrected chi connectivity index (χ4v) is 4.64. The van der Waals surface area contributed by atoms with Crippen LogP contribution in [0, 0.1) is 11.3 Å². The van der Waals surface area contributed by atoms with E-state index in [4.69, 9.17) is 9.26 Å². The number of amides is 2. The molecule has 1 saturated heterocycles. The molecule has 2 aromatic carbocycles. The van der Waals surface area contributed by atoms with Crippen molar-refractivity contribution in [1.82, 2.24) is 20.4 Å². The average Bonchev–Trinajstić information content (AvgIpc) is 3.59. The smallest absolute Gasteiger partial charge is 0.317 e. The van der Waals surface area contributed by atoms with Crippen molar-refractivity contribution < 1.29 is 14.1 Å². The van der Waals surface area contributed by atoms with Crippen molar-refractivity contribution in [1.29, 1.82) is 5.26 Å². The molecular formula is C28H33N5O3. The molecule has 36 heavy (non-hydrogen) atoms. The van der Waals surface area contributed by atoms with Crippen LogP contribution < -0.4 is 10.1 Å². The lowest BCUT2D eigenvalue weighted by molar-refractivity contribution is 0.188. The normalized spacial score (nSPS) is 14.5. The SMILES string of the molecule is CC(C)Oc1ccc(-c2nc(-c3cccc4c3CCC4)no2)cc1C#N.CNC(=O)N1CCCCC1. The topological polar surface area (TPSA) is 104 Å². The van der Waals surface area contributed by atoms with Crippen molar-refractivity contribution in [3.05, 3.63) is 53.1 Å². The maximum atomic E-state index is 11.0. The Hall–Kier alpha value is -3.86. The van der Waals surface area contributed by atoms with Crippen LogP contribution in [0.4, 0.5) is 4.79 Å². The Labute approximate surface area is 212 Å². The van der Waals surface area contributed by atoms with Crippen molar-refractivity contribution in [2.75, 3.05) is 20.1 Å². The molecule has 0 atom stereocenters. The number of aryl methyl sites for hydroxylation is 1. The summed E-state index contributed by atoms with van der Waals surface area (Å²) in [5.41, 5.74) is 4.89. The molecule has 3 aromatic rings. The van der Waals surface area contributed by atoms with Gasteiger partial charge in [0.1, 0.15) is 11.8 Å². The lowest BCUT2D eigenvalue weighted by atomic mass is 10.0. The minimum atomic E-state index is 0.00290. The highest BCUT2D eigenvalue weighted by Crippen LogP contribution is 2.33. The highest BCUT2D eigenvalue weighted by Gasteiger charge is 2.20. The van der Waals surface area contributed by atoms with E-state index in [2.05, 4.69) is 27.6 Å². The van der Waals surface area contributed by atoms with Gasteiger partial charge in [0.15, 0.2) is 0 Å². The Bertz CT molecular complexity index is 1240. The summed E-state index contributed by atoms with van der Waals surface area (Å²) in [5, 5.41) is 16.2. The van der Waals surface area contributed by atoms with Crippen molar-refractivity contribution >= 4 is 6.03 Å². The summed E-state index contributed by atoms with van der Waals surface area (Å²) in [7, 11) is 1.68. The number of rotatable bonds is 4. The number of nitriles is 1. The van der Waals surface area contributed by atoms with E-state index in [0.29, 0.717) is 28.6 Å². The number of hydrogen-bond acceptors (Lipinski definition) is 6. The molecular weight excluding hydrogens is 454 g/mol. The van der Waals surface area contributed by atoms with Crippen LogP contribution >= 0.6 is 0 Å². The predicted molar refractivity (Wildman–Crippen MR) is 138 cm³/mol. The summed E-state index contributed by atoms with van der Waals surface area (Å²) in [6, 6.07) is 13.8. The molecule has 1 fully saturated rings. The minimum Gasteiger partial charge on any atom is -0.490 e. The van der Waals surface area contributed by atoms with E-state index in [1.165, 1.54) is 24.0 Å². The summed E-state index contributed by atoms with van der Waals surface area (Å²) in [6.45, 7) is 5.72. The van der Waals surface area contributed by atoms with E-state index in [-0.39, 0.29) is 12.1 Å². The second-order valence-corrected chi connectivity index (χ2v) is 9.31. The van der Waals surface area contributed by atoms with E-state index >= 15 is 0 Å². The highest BCUT2D eigenvalue weighted by atomic mass is 16.5. The minimum absolute atomic E-state index is 0.00290. The van der Waals surface area contributed by atoms with Gasteiger partial charge >= 0.3 is 6.03 Å². The number of urea groups is 1. The lowest BCUT2D eigenvalue weighted by Crippen LogP contribution is -2.41. The van der Waals surface area contributed by atoms with Gasteiger partial charge in [-0.25, -0.2) is 4.79 Å². The van der Waals surface area contributed by atoms with Crippen molar-refractivity contribution in [2.24, 2.45) is 0 Å². The van der Waals surface area contributed by atoms with Gasteiger partial charge in [-0.1, -0.05) is 23.4 Å². The molecule has 0 bridgehead atoms. The van der Waals surface area contributed by atoms with E-state index in [0.717, 1.165) is 44.3 Å². The molecule has 8 heteroatoms. The standard InChI is InChI=1S/C21H19N3O2.C7H14N2O/c1-13(2)25-19-10-9-15(11-16(19)12-22)21-23-20(24-26-21)18-8-4-6-14-5-3-7-17(14)18;1-8-7(10)9-5-3-2-4-6-9/h4,6,8-11,13H,3,5,7H2,1-2H3;2-6H2,1H3,(H,8,10). The van der Waals surface area contributed by atoms with Crippen LogP contribution in [0.25, 0.3) is 22.8 Å². The molecule has 2 amide bonds. The summed E-state index contributed by atoms with van der Waals surface area (Å²) in [6.07, 6.45) is 6.92. The Kier molecular flexibility index (Phi) is 8.21. The Morgan fingerprint density at radius 3 is 2.67 bits per heavy atom. The molecule has 1 aliphatic carbocycles. The maximum Gasteiger partial charge on any atom is 0.317 e. The van der Waals surface area contributed by atoms with Crippen LogP contribution in [0.5, 0.6) is 5.75 Å². The van der Waals surface area contributed by atoms with E-state index in [1.807, 2.05) is 36.9 Å². The zero-order valence-corrected chi connectivity index (χ0v) is 21.2. The van der Waals surface area contributed by atoms with Gasteiger partial charge in [-0.15, -0.1) is 0 Å². The number of benzene rings is 2. The molecule has 1 aromatic heterocycles. The number of ether oxygens (including phenoxy) is 1. The highest BCUT2D eigenvalue weighted by molar-refractivity contribution is 5.73. The number of likely N-dealkylation sites (tertiary alicyclic amines) is 1. The predicted octanol–water partition coefficient (Wildman–Crippen LogP) is 5.36. The number of aromatic nitrogens is 2. The number of piperidine rings is 1. The zero-order valence-electron chi connectivity index (χ0n) is 21.2. The first-order chi connectivity index (χ1) is 17.5. The van der Waals surface area contributed by atoms with Crippen LogP contribution in [-0.4, -0.2) is 47.3 Å². The first kappa shape index (κ1) is 25.2. The molecule has 1 N–H and O–H groups in total. The number of fused-ring (bicyclic) bond motifs is 1. The number of carbonyl (C=O) groups is 1. The third-order valence-electron chi connectivity index (χ3n) is 6.38. The van der Waals surface area contributed by atoms with Gasteiger partial charge in [-0.2, -0.15) is 10.2 Å². The molecule has 0 unspecified atom stereocenters. The van der Waals surface area contributed by atoms with Crippen LogP contribution in [0.2, 0.25) is 0 Å². The number of carbonyl (C=O) groups excluding carboxylic acids is 1. The van der Waals surface area contributed by atoms with Gasteiger partial charge in [0.2, 0.25) is 5.82 Å². The second-order valence-electron chi connectivity index (χ2n) is 9.31. The van der Waals surface area contributed by atoms with Crippen LogP contribution in [0.15, 0.2) is 40.9 Å². The van der Waals surface area contributed by atoms with Crippen molar-refractivity contribution in [3.8, 4) is 34.7 Å². The summed E-state index contributed by atoms with van der Waals surface area (Å²) in [4.78, 5) is 17.4. The molecule has 188 valence electrons. The van der Waals surface area contributed by atoms with Gasteiger partial charge in [-0.05, 0) is 81.7 Å². The Morgan fingerprint density at radius 2 is 1.94 bits per heavy atom. The summed E-state index contributed by atoms with van der Waals surface area (Å²) >= 11 is 0. The first-order valence-corrected chi connectivity index (χ1v) is 12.6. The lowest BCUT2D eigenvalue weighted by Gasteiger charge is -2.25. The van der Waals surface area contributed by atoms with Gasteiger partial charge in [0.05, 0.1) is 11.7 Å². The van der Waals surface area contributed by atoms with E-state index < -0.39 is 0 Å². The molecule has 0 radical (unpaired) electrons. The molecule has 8 nitrogen and oxygen atoms in total.